The predicted molar refractivity (Wildman–Crippen MR) is 130 cm³/mol. The number of thiazole rings is 1. The average Bonchev–Trinajstić information content (AvgIpc) is 3.27. The molecule has 4 rings (SSSR count). The van der Waals surface area contributed by atoms with Gasteiger partial charge in [0.05, 0.1) is 37.0 Å². The van der Waals surface area contributed by atoms with Crippen LogP contribution in [0, 0.1) is 13.8 Å². The van der Waals surface area contributed by atoms with Crippen LogP contribution in [0.2, 0.25) is 0 Å². The molecule has 2 heterocycles. The van der Waals surface area contributed by atoms with Crippen LogP contribution in [0.4, 0.5) is 5.13 Å². The zero-order valence-corrected chi connectivity index (χ0v) is 19.9. The van der Waals surface area contributed by atoms with Crippen molar-refractivity contribution in [2.75, 3.05) is 51.4 Å². The Hall–Kier alpha value is -2.48. The quantitative estimate of drug-likeness (QED) is 0.511. The number of benzene rings is 2. The summed E-state index contributed by atoms with van der Waals surface area (Å²) in [6.07, 6.45) is 1.25. The Bertz CT molecular complexity index is 1020. The molecular weight excluding hydrogens is 422 g/mol. The lowest BCUT2D eigenvalue weighted by Gasteiger charge is -2.27. The minimum atomic E-state index is 0.0755. The molecular formula is C25H31N3O3S. The van der Waals surface area contributed by atoms with Crippen LogP contribution in [-0.4, -0.2) is 62.3 Å². The molecule has 1 saturated heterocycles. The molecule has 0 unspecified atom stereocenters. The van der Waals surface area contributed by atoms with E-state index in [1.54, 1.807) is 18.4 Å². The van der Waals surface area contributed by atoms with Crippen molar-refractivity contribution < 1.29 is 14.3 Å². The van der Waals surface area contributed by atoms with Gasteiger partial charge in [0.15, 0.2) is 5.13 Å². The largest absolute Gasteiger partial charge is 0.497 e. The van der Waals surface area contributed by atoms with E-state index in [4.69, 9.17) is 14.5 Å². The lowest BCUT2D eigenvalue weighted by atomic mass is 10.1. The summed E-state index contributed by atoms with van der Waals surface area (Å²) in [6, 6.07) is 11.9. The molecule has 0 N–H and O–H groups in total. The molecule has 1 aliphatic rings. The van der Waals surface area contributed by atoms with Gasteiger partial charge >= 0.3 is 0 Å². The normalized spacial score (nSPS) is 14.6. The number of nitrogens with zero attached hydrogens (tertiary/aromatic N) is 3. The maximum absolute atomic E-state index is 13.4. The van der Waals surface area contributed by atoms with E-state index in [2.05, 4.69) is 30.9 Å². The maximum atomic E-state index is 13.4. The minimum Gasteiger partial charge on any atom is -0.497 e. The van der Waals surface area contributed by atoms with E-state index < -0.39 is 0 Å². The number of aryl methyl sites for hydroxylation is 2. The van der Waals surface area contributed by atoms with Crippen LogP contribution in [-0.2, 0) is 16.0 Å². The number of carbonyl (C=O) groups excluding carboxylic acids is 1. The second-order valence-corrected chi connectivity index (χ2v) is 9.23. The summed E-state index contributed by atoms with van der Waals surface area (Å²) in [4.78, 5) is 22.6. The van der Waals surface area contributed by atoms with E-state index in [-0.39, 0.29) is 5.91 Å². The van der Waals surface area contributed by atoms with Crippen molar-refractivity contribution in [3.63, 3.8) is 0 Å². The number of aromatic nitrogens is 1. The Morgan fingerprint density at radius 1 is 1.12 bits per heavy atom. The van der Waals surface area contributed by atoms with E-state index in [1.165, 1.54) is 5.56 Å². The van der Waals surface area contributed by atoms with Crippen LogP contribution in [0.25, 0.3) is 10.2 Å². The molecule has 6 nitrogen and oxygen atoms in total. The Balaban J connectivity index is 1.54. The summed E-state index contributed by atoms with van der Waals surface area (Å²) in [6.45, 7) is 9.29. The van der Waals surface area contributed by atoms with Gasteiger partial charge in [-0.25, -0.2) is 4.98 Å². The van der Waals surface area contributed by atoms with Gasteiger partial charge in [0.25, 0.3) is 0 Å². The highest BCUT2D eigenvalue weighted by Gasteiger charge is 2.22. The van der Waals surface area contributed by atoms with Crippen molar-refractivity contribution in [3.05, 3.63) is 53.1 Å². The van der Waals surface area contributed by atoms with Crippen LogP contribution in [0.5, 0.6) is 5.75 Å². The fourth-order valence-electron chi connectivity index (χ4n) is 3.98. The first kappa shape index (κ1) is 22.7. The van der Waals surface area contributed by atoms with Crippen LogP contribution in [0.15, 0.2) is 36.4 Å². The van der Waals surface area contributed by atoms with Gasteiger partial charge in [0, 0.05) is 26.2 Å². The number of hydrogen-bond acceptors (Lipinski definition) is 6. The Kier molecular flexibility index (Phi) is 7.40. The van der Waals surface area contributed by atoms with Crippen molar-refractivity contribution in [2.24, 2.45) is 0 Å². The van der Waals surface area contributed by atoms with Crippen LogP contribution in [0.3, 0.4) is 0 Å². The third-order valence-corrected chi connectivity index (χ3v) is 7.15. The average molecular weight is 454 g/mol. The highest BCUT2D eigenvalue weighted by atomic mass is 32.1. The number of carbonyl (C=O) groups is 1. The molecule has 2 aromatic carbocycles. The zero-order valence-electron chi connectivity index (χ0n) is 19.1. The lowest BCUT2D eigenvalue weighted by molar-refractivity contribution is -0.118. The molecule has 0 atom stereocenters. The smallest absolute Gasteiger partial charge is 0.233 e. The maximum Gasteiger partial charge on any atom is 0.233 e. The highest BCUT2D eigenvalue weighted by Crippen LogP contribution is 2.33. The number of amides is 1. The number of rotatable bonds is 8. The Morgan fingerprint density at radius 2 is 1.84 bits per heavy atom. The molecule has 170 valence electrons. The van der Waals surface area contributed by atoms with Gasteiger partial charge < -0.3 is 9.47 Å². The highest BCUT2D eigenvalue weighted by molar-refractivity contribution is 7.22. The van der Waals surface area contributed by atoms with Crippen molar-refractivity contribution in [2.45, 2.75) is 26.7 Å². The molecule has 7 heteroatoms. The van der Waals surface area contributed by atoms with Crippen LogP contribution in [0.1, 0.15) is 23.1 Å². The van der Waals surface area contributed by atoms with E-state index in [1.807, 2.05) is 29.2 Å². The number of hydrogen-bond donors (Lipinski definition) is 0. The predicted octanol–water partition coefficient (Wildman–Crippen LogP) is 4.22. The zero-order chi connectivity index (χ0) is 22.5. The summed E-state index contributed by atoms with van der Waals surface area (Å²) < 4.78 is 11.9. The monoisotopic (exact) mass is 453 g/mol. The molecule has 0 bridgehead atoms. The van der Waals surface area contributed by atoms with Gasteiger partial charge in [-0.2, -0.15) is 0 Å². The second kappa shape index (κ2) is 10.4. The van der Waals surface area contributed by atoms with E-state index >= 15 is 0 Å². The molecule has 0 spiro atoms. The first-order valence-corrected chi connectivity index (χ1v) is 12.0. The molecule has 0 saturated carbocycles. The molecule has 1 fully saturated rings. The fourth-order valence-corrected chi connectivity index (χ4v) is 5.14. The number of fused-ring (bicyclic) bond motifs is 1. The van der Waals surface area contributed by atoms with Crippen molar-refractivity contribution >= 4 is 32.6 Å². The van der Waals surface area contributed by atoms with Gasteiger partial charge in [-0.3, -0.25) is 14.6 Å². The number of anilines is 1. The molecule has 0 radical (unpaired) electrons. The number of ether oxygens (including phenoxy) is 2. The summed E-state index contributed by atoms with van der Waals surface area (Å²) in [5, 5.41) is 0.790. The summed E-state index contributed by atoms with van der Waals surface area (Å²) in [7, 11) is 1.65. The Morgan fingerprint density at radius 3 is 2.53 bits per heavy atom. The van der Waals surface area contributed by atoms with Crippen LogP contribution < -0.4 is 9.64 Å². The molecule has 1 amide bonds. The summed E-state index contributed by atoms with van der Waals surface area (Å²) >= 11 is 1.62. The van der Waals surface area contributed by atoms with Crippen LogP contribution >= 0.6 is 11.3 Å². The van der Waals surface area contributed by atoms with Gasteiger partial charge in [-0.15, -0.1) is 0 Å². The van der Waals surface area contributed by atoms with E-state index in [9.17, 15) is 4.79 Å². The van der Waals surface area contributed by atoms with Gasteiger partial charge in [-0.1, -0.05) is 35.6 Å². The minimum absolute atomic E-state index is 0.0755. The first-order valence-electron chi connectivity index (χ1n) is 11.2. The van der Waals surface area contributed by atoms with Crippen molar-refractivity contribution in [3.8, 4) is 5.75 Å². The molecule has 3 aromatic rings. The van der Waals surface area contributed by atoms with Gasteiger partial charge in [-0.05, 0) is 49.1 Å². The summed E-state index contributed by atoms with van der Waals surface area (Å²) in [5.74, 6) is 0.868. The number of methoxy groups -OCH3 is 1. The fraction of sp³-hybridized carbons (Fsp3) is 0.440. The lowest BCUT2D eigenvalue weighted by Crippen LogP contribution is -2.39. The third kappa shape index (κ3) is 5.28. The van der Waals surface area contributed by atoms with Gasteiger partial charge in [0.2, 0.25) is 5.91 Å². The molecule has 1 aliphatic heterocycles. The molecule has 32 heavy (non-hydrogen) atoms. The standard InChI is InChI=1S/C25H31N3O3S/c1-18-5-6-19(2)24-23(18)26-25(32-24)28(12-4-11-27-13-15-31-16-14-27)22(29)17-20-7-9-21(30-3)10-8-20/h5-10H,4,11-17H2,1-3H3. The topological polar surface area (TPSA) is 54.9 Å². The SMILES string of the molecule is COc1ccc(CC(=O)N(CCCN2CCOCC2)c2nc3c(C)ccc(C)c3s2)cc1. The van der Waals surface area contributed by atoms with Gasteiger partial charge in [0.1, 0.15) is 5.75 Å². The molecule has 1 aromatic heterocycles. The van der Waals surface area contributed by atoms with Crippen molar-refractivity contribution in [1.29, 1.82) is 0 Å². The van der Waals surface area contributed by atoms with E-state index in [0.29, 0.717) is 13.0 Å². The first-order chi connectivity index (χ1) is 15.5. The second-order valence-electron chi connectivity index (χ2n) is 8.25. The van der Waals surface area contributed by atoms with Crippen molar-refractivity contribution in [1.82, 2.24) is 9.88 Å². The molecule has 0 aliphatic carbocycles. The third-order valence-electron chi connectivity index (χ3n) is 5.94. The van der Waals surface area contributed by atoms with E-state index in [0.717, 1.165) is 71.5 Å². The summed E-state index contributed by atoms with van der Waals surface area (Å²) in [5.41, 5.74) is 4.32. The Labute approximate surface area is 193 Å². The number of morpholine rings is 1.